The summed E-state index contributed by atoms with van der Waals surface area (Å²) in [6.07, 6.45) is 1.93. The van der Waals surface area contributed by atoms with Crippen molar-refractivity contribution in [3.8, 4) is 0 Å². The van der Waals surface area contributed by atoms with Gasteiger partial charge in [0.05, 0.1) is 0 Å². The molecule has 0 bridgehead atoms. The highest BCUT2D eigenvalue weighted by Crippen LogP contribution is 2.18. The Morgan fingerprint density at radius 3 is 2.24 bits per heavy atom. The van der Waals surface area contributed by atoms with E-state index in [1.54, 1.807) is 0 Å². The van der Waals surface area contributed by atoms with Gasteiger partial charge in [-0.3, -0.25) is 0 Å². The third-order valence-electron chi connectivity index (χ3n) is 3.14. The number of hydrogen-bond acceptors (Lipinski definition) is 5. The normalized spacial score (nSPS) is 11.8. The van der Waals surface area contributed by atoms with E-state index in [2.05, 4.69) is 67.3 Å². The summed E-state index contributed by atoms with van der Waals surface area (Å²) in [4.78, 5) is 11.3. The highest BCUT2D eigenvalue weighted by molar-refractivity contribution is 5.47. The molecular formula is C16H31N5. The minimum absolute atomic E-state index is 0.192. The van der Waals surface area contributed by atoms with Gasteiger partial charge >= 0.3 is 0 Å². The number of nitrogens with one attached hydrogen (secondary N) is 2. The maximum atomic E-state index is 4.57. The monoisotopic (exact) mass is 293 g/mol. The van der Waals surface area contributed by atoms with Gasteiger partial charge in [-0.05, 0) is 25.9 Å². The van der Waals surface area contributed by atoms with Crippen LogP contribution in [0.2, 0.25) is 0 Å². The first-order valence-corrected chi connectivity index (χ1v) is 7.86. The molecule has 5 heteroatoms. The largest absolute Gasteiger partial charge is 0.370 e. The van der Waals surface area contributed by atoms with Crippen molar-refractivity contribution < 1.29 is 0 Å². The number of aryl methyl sites for hydroxylation is 1. The van der Waals surface area contributed by atoms with Gasteiger partial charge in [0.2, 0.25) is 0 Å². The lowest BCUT2D eigenvalue weighted by atomic mass is 9.93. The van der Waals surface area contributed by atoms with E-state index in [1.165, 1.54) is 0 Å². The zero-order valence-corrected chi connectivity index (χ0v) is 14.5. The molecule has 0 aliphatic heterocycles. The van der Waals surface area contributed by atoms with Crippen LogP contribution in [0.1, 0.15) is 39.9 Å². The van der Waals surface area contributed by atoms with Crippen LogP contribution in [0.5, 0.6) is 0 Å². The molecule has 0 unspecified atom stereocenters. The van der Waals surface area contributed by atoms with Crippen LogP contribution in [-0.4, -0.2) is 48.6 Å². The van der Waals surface area contributed by atoms with Crippen molar-refractivity contribution in [1.29, 1.82) is 0 Å². The molecule has 1 rings (SSSR count). The summed E-state index contributed by atoms with van der Waals surface area (Å²) in [7, 11) is 4.21. The Hall–Kier alpha value is -1.36. The van der Waals surface area contributed by atoms with Crippen molar-refractivity contribution in [2.24, 2.45) is 5.41 Å². The van der Waals surface area contributed by atoms with Crippen LogP contribution in [0.4, 0.5) is 11.6 Å². The SMILES string of the molecule is CCCNc1cc(NCC(C)(C)CN(C)C)nc(CC)n1. The average Bonchev–Trinajstić information content (AvgIpc) is 2.41. The molecule has 2 N–H and O–H groups in total. The quantitative estimate of drug-likeness (QED) is 0.733. The molecule has 120 valence electrons. The Labute approximate surface area is 129 Å². The lowest BCUT2D eigenvalue weighted by Gasteiger charge is -2.28. The number of anilines is 2. The summed E-state index contributed by atoms with van der Waals surface area (Å²) in [6.45, 7) is 11.6. The molecule has 5 nitrogen and oxygen atoms in total. The van der Waals surface area contributed by atoms with Crippen LogP contribution in [0.15, 0.2) is 6.07 Å². The van der Waals surface area contributed by atoms with Crippen molar-refractivity contribution in [3.05, 3.63) is 11.9 Å². The van der Waals surface area contributed by atoms with Gasteiger partial charge in [0, 0.05) is 32.1 Å². The Morgan fingerprint density at radius 2 is 1.71 bits per heavy atom. The number of aromatic nitrogens is 2. The Balaban J connectivity index is 2.73. The topological polar surface area (TPSA) is 53.1 Å². The standard InChI is InChI=1S/C16H31N5/c1-7-9-17-14-10-15(20-13(8-2)19-14)18-11-16(3,4)12-21(5)6/h10H,7-9,11-12H2,1-6H3,(H2,17,18,19,20). The second kappa shape index (κ2) is 8.17. The summed E-state index contributed by atoms with van der Waals surface area (Å²) >= 11 is 0. The summed E-state index contributed by atoms with van der Waals surface area (Å²) in [5.74, 6) is 2.70. The van der Waals surface area contributed by atoms with Crippen molar-refractivity contribution in [1.82, 2.24) is 14.9 Å². The van der Waals surface area contributed by atoms with Crippen molar-refractivity contribution in [3.63, 3.8) is 0 Å². The van der Waals surface area contributed by atoms with E-state index < -0.39 is 0 Å². The maximum absolute atomic E-state index is 4.57. The fraction of sp³-hybridized carbons (Fsp3) is 0.750. The molecular weight excluding hydrogens is 262 g/mol. The molecule has 0 fully saturated rings. The number of nitrogens with zero attached hydrogens (tertiary/aromatic N) is 3. The molecule has 0 aromatic carbocycles. The average molecular weight is 293 g/mol. The van der Waals surface area contributed by atoms with E-state index >= 15 is 0 Å². The van der Waals surface area contributed by atoms with Gasteiger partial charge in [-0.25, -0.2) is 9.97 Å². The minimum atomic E-state index is 0.192. The molecule has 0 saturated carbocycles. The summed E-state index contributed by atoms with van der Waals surface area (Å²) < 4.78 is 0. The molecule has 1 heterocycles. The molecule has 0 atom stereocenters. The first-order chi connectivity index (χ1) is 9.86. The van der Waals surface area contributed by atoms with Gasteiger partial charge in [0.1, 0.15) is 17.5 Å². The molecule has 0 aliphatic carbocycles. The first-order valence-electron chi connectivity index (χ1n) is 7.86. The smallest absolute Gasteiger partial charge is 0.132 e. The van der Waals surface area contributed by atoms with Crippen molar-refractivity contribution in [2.75, 3.05) is 44.4 Å². The van der Waals surface area contributed by atoms with E-state index in [4.69, 9.17) is 0 Å². The van der Waals surface area contributed by atoms with Crippen LogP contribution < -0.4 is 10.6 Å². The minimum Gasteiger partial charge on any atom is -0.370 e. The highest BCUT2D eigenvalue weighted by Gasteiger charge is 2.19. The second-order valence-corrected chi connectivity index (χ2v) is 6.59. The second-order valence-electron chi connectivity index (χ2n) is 6.59. The van der Waals surface area contributed by atoms with Crippen LogP contribution in [-0.2, 0) is 6.42 Å². The van der Waals surface area contributed by atoms with Crippen LogP contribution >= 0.6 is 0 Å². The predicted octanol–water partition coefficient (Wildman–Crippen LogP) is 2.86. The van der Waals surface area contributed by atoms with Crippen molar-refractivity contribution >= 4 is 11.6 Å². The fourth-order valence-corrected chi connectivity index (χ4v) is 2.33. The predicted molar refractivity (Wildman–Crippen MR) is 91.0 cm³/mol. The summed E-state index contributed by atoms with van der Waals surface area (Å²) in [5, 5.41) is 6.80. The zero-order valence-electron chi connectivity index (χ0n) is 14.5. The van der Waals surface area contributed by atoms with E-state index in [1.807, 2.05) is 6.07 Å². The Morgan fingerprint density at radius 1 is 1.10 bits per heavy atom. The molecule has 0 aliphatic rings. The summed E-state index contributed by atoms with van der Waals surface area (Å²) in [6, 6.07) is 2.00. The molecule has 0 radical (unpaired) electrons. The fourth-order valence-electron chi connectivity index (χ4n) is 2.33. The molecule has 0 amide bonds. The third kappa shape index (κ3) is 6.76. The molecule has 21 heavy (non-hydrogen) atoms. The van der Waals surface area contributed by atoms with Crippen LogP contribution in [0, 0.1) is 5.41 Å². The van der Waals surface area contributed by atoms with Gasteiger partial charge in [0.15, 0.2) is 0 Å². The lowest BCUT2D eigenvalue weighted by Crippen LogP contribution is -2.34. The zero-order chi connectivity index (χ0) is 15.9. The Bertz CT molecular complexity index is 429. The van der Waals surface area contributed by atoms with Crippen LogP contribution in [0.3, 0.4) is 0 Å². The van der Waals surface area contributed by atoms with Gasteiger partial charge in [-0.15, -0.1) is 0 Å². The maximum Gasteiger partial charge on any atom is 0.132 e. The van der Waals surface area contributed by atoms with Gasteiger partial charge in [0.25, 0.3) is 0 Å². The van der Waals surface area contributed by atoms with E-state index in [0.717, 1.165) is 49.9 Å². The molecule has 1 aromatic rings. The van der Waals surface area contributed by atoms with Gasteiger partial charge < -0.3 is 15.5 Å². The van der Waals surface area contributed by atoms with E-state index in [0.29, 0.717) is 0 Å². The number of hydrogen-bond donors (Lipinski definition) is 2. The molecule has 0 saturated heterocycles. The van der Waals surface area contributed by atoms with Gasteiger partial charge in [-0.2, -0.15) is 0 Å². The highest BCUT2D eigenvalue weighted by atomic mass is 15.1. The molecule has 1 aromatic heterocycles. The van der Waals surface area contributed by atoms with Crippen LogP contribution in [0.25, 0.3) is 0 Å². The van der Waals surface area contributed by atoms with E-state index in [9.17, 15) is 0 Å². The Kier molecular flexibility index (Phi) is 6.89. The number of rotatable bonds is 9. The van der Waals surface area contributed by atoms with Crippen molar-refractivity contribution in [2.45, 2.75) is 40.5 Å². The van der Waals surface area contributed by atoms with E-state index in [-0.39, 0.29) is 5.41 Å². The third-order valence-corrected chi connectivity index (χ3v) is 3.14. The van der Waals surface area contributed by atoms with Gasteiger partial charge in [-0.1, -0.05) is 27.7 Å². The lowest BCUT2D eigenvalue weighted by molar-refractivity contribution is 0.254. The molecule has 0 spiro atoms. The summed E-state index contributed by atoms with van der Waals surface area (Å²) in [5.41, 5.74) is 0.192. The first kappa shape index (κ1) is 17.7.